The Bertz CT molecular complexity index is 580. The molecule has 3 aliphatic rings. The van der Waals surface area contributed by atoms with Crippen molar-refractivity contribution in [2.75, 3.05) is 26.3 Å². The van der Waals surface area contributed by atoms with Crippen LogP contribution in [0.25, 0.3) is 0 Å². The zero-order chi connectivity index (χ0) is 17.1. The van der Waals surface area contributed by atoms with Crippen LogP contribution in [-0.2, 0) is 20.9 Å². The molecule has 2 aliphatic heterocycles. The Balaban J connectivity index is 1.24. The third-order valence-corrected chi connectivity index (χ3v) is 6.05. The fraction of sp³-hybridized carbons (Fsp3) is 0.700. The second-order valence-electron chi connectivity index (χ2n) is 7.70. The predicted molar refractivity (Wildman–Crippen MR) is 93.8 cm³/mol. The number of piperidine rings is 1. The third-order valence-electron chi connectivity index (χ3n) is 6.05. The molecule has 0 aromatic carbocycles. The van der Waals surface area contributed by atoms with E-state index in [-0.39, 0.29) is 5.60 Å². The van der Waals surface area contributed by atoms with E-state index < -0.39 is 0 Å². The Morgan fingerprint density at radius 1 is 1.32 bits per heavy atom. The van der Waals surface area contributed by atoms with Gasteiger partial charge in [-0.25, -0.2) is 0 Å². The fourth-order valence-electron chi connectivity index (χ4n) is 4.34. The van der Waals surface area contributed by atoms with Crippen LogP contribution in [0.1, 0.15) is 44.1 Å². The third kappa shape index (κ3) is 3.87. The molecule has 0 N–H and O–H groups in total. The van der Waals surface area contributed by atoms with E-state index in [1.165, 1.54) is 0 Å². The van der Waals surface area contributed by atoms with Gasteiger partial charge in [-0.05, 0) is 56.1 Å². The normalized spacial score (nSPS) is 25.4. The van der Waals surface area contributed by atoms with Crippen LogP contribution in [0.5, 0.6) is 0 Å². The molecule has 1 saturated carbocycles. The van der Waals surface area contributed by atoms with Crippen molar-refractivity contribution in [3.05, 3.63) is 30.1 Å². The van der Waals surface area contributed by atoms with E-state index in [4.69, 9.17) is 9.47 Å². The second kappa shape index (κ2) is 7.42. The van der Waals surface area contributed by atoms with Crippen LogP contribution in [0.4, 0.5) is 0 Å². The van der Waals surface area contributed by atoms with E-state index in [0.29, 0.717) is 24.3 Å². The number of hydrogen-bond donors (Lipinski definition) is 0. The second-order valence-corrected chi connectivity index (χ2v) is 7.70. The first-order chi connectivity index (χ1) is 12.3. The molecule has 1 aliphatic carbocycles. The molecule has 0 unspecified atom stereocenters. The van der Waals surface area contributed by atoms with E-state index in [2.05, 4.69) is 9.88 Å². The summed E-state index contributed by atoms with van der Waals surface area (Å²) >= 11 is 0. The lowest BCUT2D eigenvalue weighted by Gasteiger charge is -2.42. The largest absolute Gasteiger partial charge is 0.377 e. The Kier molecular flexibility index (Phi) is 5.04. The van der Waals surface area contributed by atoms with Gasteiger partial charge >= 0.3 is 0 Å². The number of amides is 1. The quantitative estimate of drug-likeness (QED) is 0.745. The summed E-state index contributed by atoms with van der Waals surface area (Å²) in [5.74, 6) is 1.26. The van der Waals surface area contributed by atoms with Gasteiger partial charge in [0.25, 0.3) is 0 Å². The van der Waals surface area contributed by atoms with E-state index in [1.54, 1.807) is 6.20 Å². The molecule has 3 fully saturated rings. The van der Waals surface area contributed by atoms with Gasteiger partial charge in [-0.3, -0.25) is 9.78 Å². The van der Waals surface area contributed by atoms with Crippen LogP contribution in [0.15, 0.2) is 24.5 Å². The monoisotopic (exact) mass is 344 g/mol. The summed E-state index contributed by atoms with van der Waals surface area (Å²) in [5.41, 5.74) is 1.10. The average Bonchev–Trinajstić information content (AvgIpc) is 3.44. The SMILES string of the molecule is O=C(C1CC1)N1CCC2(CC1)OCC[C@@H]2CCOCc1cccnc1. The number of pyridine rings is 1. The summed E-state index contributed by atoms with van der Waals surface area (Å²) in [6.45, 7) is 3.96. The molecule has 1 atom stereocenters. The van der Waals surface area contributed by atoms with Crippen molar-refractivity contribution in [2.45, 2.75) is 50.7 Å². The Labute approximate surface area is 149 Å². The van der Waals surface area contributed by atoms with Gasteiger partial charge in [-0.15, -0.1) is 0 Å². The smallest absolute Gasteiger partial charge is 0.225 e. The summed E-state index contributed by atoms with van der Waals surface area (Å²) < 4.78 is 12.1. The van der Waals surface area contributed by atoms with E-state index in [1.807, 2.05) is 18.3 Å². The highest BCUT2D eigenvalue weighted by molar-refractivity contribution is 5.81. The van der Waals surface area contributed by atoms with Crippen LogP contribution >= 0.6 is 0 Å². The molecule has 25 heavy (non-hydrogen) atoms. The molecule has 1 amide bonds. The molecule has 136 valence electrons. The van der Waals surface area contributed by atoms with Crippen LogP contribution < -0.4 is 0 Å². The van der Waals surface area contributed by atoms with Gasteiger partial charge in [0.1, 0.15) is 0 Å². The molecule has 1 spiro atoms. The number of aromatic nitrogens is 1. The van der Waals surface area contributed by atoms with Crippen molar-refractivity contribution in [2.24, 2.45) is 11.8 Å². The predicted octanol–water partition coefficient (Wildman–Crippen LogP) is 2.80. The van der Waals surface area contributed by atoms with Crippen LogP contribution in [0.2, 0.25) is 0 Å². The highest BCUT2D eigenvalue weighted by Gasteiger charge is 2.47. The van der Waals surface area contributed by atoms with E-state index >= 15 is 0 Å². The maximum atomic E-state index is 12.3. The number of carbonyl (C=O) groups excluding carboxylic acids is 1. The van der Waals surface area contributed by atoms with Crippen LogP contribution in [0, 0.1) is 11.8 Å². The minimum Gasteiger partial charge on any atom is -0.377 e. The zero-order valence-corrected chi connectivity index (χ0v) is 14.9. The summed E-state index contributed by atoms with van der Waals surface area (Å²) in [6.07, 6.45) is 9.94. The lowest BCUT2D eigenvalue weighted by Crippen LogP contribution is -2.50. The Hall–Kier alpha value is -1.46. The maximum absolute atomic E-state index is 12.3. The molecule has 1 aromatic heterocycles. The minimum atomic E-state index is -0.0159. The van der Waals surface area contributed by atoms with Gasteiger partial charge < -0.3 is 14.4 Å². The number of rotatable bonds is 6. The number of ether oxygens (including phenoxy) is 2. The van der Waals surface area contributed by atoms with Gasteiger partial charge in [0.2, 0.25) is 5.91 Å². The van der Waals surface area contributed by atoms with Crippen LogP contribution in [-0.4, -0.2) is 47.7 Å². The van der Waals surface area contributed by atoms with Gasteiger partial charge in [0.15, 0.2) is 0 Å². The molecular formula is C20H28N2O3. The first-order valence-corrected chi connectivity index (χ1v) is 9.66. The highest BCUT2D eigenvalue weighted by atomic mass is 16.5. The molecular weight excluding hydrogens is 316 g/mol. The molecule has 0 bridgehead atoms. The van der Waals surface area contributed by atoms with Crippen molar-refractivity contribution in [3.8, 4) is 0 Å². The standard InChI is InChI=1S/C20H28N2O3/c23-19(17-3-4-17)22-10-7-20(8-11-22)18(6-13-25-20)5-12-24-15-16-2-1-9-21-14-16/h1-2,9,14,17-18H,3-8,10-13,15H2/t18-/m0/s1. The molecule has 5 nitrogen and oxygen atoms in total. The number of nitrogens with zero attached hydrogens (tertiary/aromatic N) is 2. The van der Waals surface area contributed by atoms with Crippen molar-refractivity contribution in [1.82, 2.24) is 9.88 Å². The zero-order valence-electron chi connectivity index (χ0n) is 14.9. The molecule has 1 aromatic rings. The minimum absolute atomic E-state index is 0.0159. The first kappa shape index (κ1) is 17.0. The fourth-order valence-corrected chi connectivity index (χ4v) is 4.34. The maximum Gasteiger partial charge on any atom is 0.225 e. The molecule has 0 radical (unpaired) electrons. The molecule has 5 heteroatoms. The van der Waals surface area contributed by atoms with Gasteiger partial charge in [0, 0.05) is 44.6 Å². The van der Waals surface area contributed by atoms with Crippen molar-refractivity contribution in [1.29, 1.82) is 0 Å². The van der Waals surface area contributed by atoms with Gasteiger partial charge in [-0.1, -0.05) is 6.07 Å². The number of hydrogen-bond acceptors (Lipinski definition) is 4. The summed E-state index contributed by atoms with van der Waals surface area (Å²) in [6, 6.07) is 3.98. The van der Waals surface area contributed by atoms with Gasteiger partial charge in [0.05, 0.1) is 12.2 Å². The first-order valence-electron chi connectivity index (χ1n) is 9.66. The lowest BCUT2D eigenvalue weighted by atomic mass is 9.78. The Morgan fingerprint density at radius 2 is 2.16 bits per heavy atom. The molecule has 3 heterocycles. The molecule has 4 rings (SSSR count). The van der Waals surface area contributed by atoms with Crippen molar-refractivity contribution in [3.63, 3.8) is 0 Å². The topological polar surface area (TPSA) is 51.7 Å². The molecule has 2 saturated heterocycles. The average molecular weight is 344 g/mol. The van der Waals surface area contributed by atoms with Crippen molar-refractivity contribution >= 4 is 5.91 Å². The summed E-state index contributed by atoms with van der Waals surface area (Å²) in [7, 11) is 0. The van der Waals surface area contributed by atoms with E-state index in [0.717, 1.165) is 70.4 Å². The summed E-state index contributed by atoms with van der Waals surface area (Å²) in [5, 5.41) is 0. The van der Waals surface area contributed by atoms with Crippen LogP contribution in [0.3, 0.4) is 0 Å². The Morgan fingerprint density at radius 3 is 2.88 bits per heavy atom. The van der Waals surface area contributed by atoms with Gasteiger partial charge in [-0.2, -0.15) is 0 Å². The number of carbonyl (C=O) groups is 1. The van der Waals surface area contributed by atoms with E-state index in [9.17, 15) is 4.79 Å². The highest BCUT2D eigenvalue weighted by Crippen LogP contribution is 2.43. The van der Waals surface area contributed by atoms with Crippen molar-refractivity contribution < 1.29 is 14.3 Å². The lowest BCUT2D eigenvalue weighted by molar-refractivity contribution is -0.139. The number of likely N-dealkylation sites (tertiary alicyclic amines) is 1. The summed E-state index contributed by atoms with van der Waals surface area (Å²) in [4.78, 5) is 18.4.